The Bertz CT molecular complexity index is 923. The molecule has 1 amide bonds. The number of rotatable bonds is 6. The molecule has 2 aromatic heterocycles. The van der Waals surface area contributed by atoms with Crippen LogP contribution in [0.2, 0.25) is 0 Å². The SMILES string of the molecule is NC(=O)CCn1ncc2c(Nc3ccc(OC(F)(F)F)cc3)ncnc21. The molecule has 3 N–H and O–H groups in total. The molecule has 0 unspecified atom stereocenters. The number of halogens is 3. The number of fused-ring (bicyclic) bond motifs is 1. The van der Waals surface area contributed by atoms with Gasteiger partial charge in [-0.3, -0.25) is 4.79 Å². The van der Waals surface area contributed by atoms with Gasteiger partial charge in [-0.1, -0.05) is 0 Å². The summed E-state index contributed by atoms with van der Waals surface area (Å²) in [6.45, 7) is 0.277. The van der Waals surface area contributed by atoms with E-state index in [4.69, 9.17) is 5.73 Å². The molecular weight excluding hydrogens is 353 g/mol. The second-order valence-corrected chi connectivity index (χ2v) is 5.24. The van der Waals surface area contributed by atoms with E-state index in [2.05, 4.69) is 25.1 Å². The second kappa shape index (κ2) is 6.86. The van der Waals surface area contributed by atoms with Gasteiger partial charge < -0.3 is 15.8 Å². The lowest BCUT2D eigenvalue weighted by atomic mass is 10.3. The zero-order valence-electron chi connectivity index (χ0n) is 13.2. The molecule has 3 rings (SSSR count). The van der Waals surface area contributed by atoms with E-state index in [1.807, 2.05) is 0 Å². The first-order valence-corrected chi connectivity index (χ1v) is 7.39. The maximum atomic E-state index is 12.2. The molecule has 0 aliphatic rings. The number of nitrogens with two attached hydrogens (primary N) is 1. The summed E-state index contributed by atoms with van der Waals surface area (Å²) in [7, 11) is 0. The lowest BCUT2D eigenvalue weighted by Crippen LogP contribution is -2.16. The molecule has 0 aliphatic carbocycles. The van der Waals surface area contributed by atoms with E-state index < -0.39 is 12.3 Å². The van der Waals surface area contributed by atoms with Crippen LogP contribution in [0.25, 0.3) is 11.0 Å². The van der Waals surface area contributed by atoms with Gasteiger partial charge in [0.1, 0.15) is 17.9 Å². The number of aryl methyl sites for hydroxylation is 1. The van der Waals surface area contributed by atoms with E-state index in [0.717, 1.165) is 0 Å². The summed E-state index contributed by atoms with van der Waals surface area (Å²) in [6, 6.07) is 5.22. The molecule has 0 spiro atoms. The van der Waals surface area contributed by atoms with Crippen LogP contribution in [0.4, 0.5) is 24.7 Å². The molecule has 0 fully saturated rings. The van der Waals surface area contributed by atoms with Gasteiger partial charge >= 0.3 is 6.36 Å². The first-order valence-electron chi connectivity index (χ1n) is 7.39. The Morgan fingerprint density at radius 2 is 1.96 bits per heavy atom. The third kappa shape index (κ3) is 4.18. The molecule has 8 nitrogen and oxygen atoms in total. The Labute approximate surface area is 144 Å². The van der Waals surface area contributed by atoms with Crippen molar-refractivity contribution in [3.63, 3.8) is 0 Å². The Balaban J connectivity index is 1.79. The Hall–Kier alpha value is -3.37. The van der Waals surface area contributed by atoms with Crippen LogP contribution in [-0.2, 0) is 11.3 Å². The predicted molar refractivity (Wildman–Crippen MR) is 85.5 cm³/mol. The first-order chi connectivity index (χ1) is 12.3. The molecule has 2 heterocycles. The van der Waals surface area contributed by atoms with Gasteiger partial charge in [-0.15, -0.1) is 13.2 Å². The van der Waals surface area contributed by atoms with Crippen LogP contribution in [0.1, 0.15) is 6.42 Å². The van der Waals surface area contributed by atoms with Crippen LogP contribution in [0, 0.1) is 0 Å². The number of benzene rings is 1. The quantitative estimate of drug-likeness (QED) is 0.693. The van der Waals surface area contributed by atoms with E-state index in [1.165, 1.54) is 41.5 Å². The standard InChI is InChI=1S/C15H13F3N6O2/c16-15(17,18)26-10-3-1-9(2-4-10)23-13-11-7-22-24(6-5-12(19)25)14(11)21-8-20-13/h1-4,7-8H,5-6H2,(H2,19,25)(H,20,21,23). The number of aromatic nitrogens is 4. The third-order valence-corrected chi connectivity index (χ3v) is 3.35. The van der Waals surface area contributed by atoms with E-state index in [0.29, 0.717) is 22.5 Å². The summed E-state index contributed by atoms with van der Waals surface area (Å²) in [5.41, 5.74) is 6.13. The van der Waals surface area contributed by atoms with E-state index in [9.17, 15) is 18.0 Å². The summed E-state index contributed by atoms with van der Waals surface area (Å²) < 4.78 is 41.9. The zero-order chi connectivity index (χ0) is 18.7. The summed E-state index contributed by atoms with van der Waals surface area (Å²) in [4.78, 5) is 19.2. The van der Waals surface area contributed by atoms with Crippen LogP contribution in [0.3, 0.4) is 0 Å². The van der Waals surface area contributed by atoms with Gasteiger partial charge in [-0.25, -0.2) is 14.6 Å². The van der Waals surface area contributed by atoms with Gasteiger partial charge in [-0.05, 0) is 24.3 Å². The van der Waals surface area contributed by atoms with Crippen molar-refractivity contribution < 1.29 is 22.7 Å². The van der Waals surface area contributed by atoms with Gasteiger partial charge in [0.15, 0.2) is 5.65 Å². The van der Waals surface area contributed by atoms with Crippen molar-refractivity contribution in [2.45, 2.75) is 19.3 Å². The molecule has 0 bridgehead atoms. The van der Waals surface area contributed by atoms with Crippen LogP contribution in [-0.4, -0.2) is 32.0 Å². The third-order valence-electron chi connectivity index (χ3n) is 3.35. The lowest BCUT2D eigenvalue weighted by molar-refractivity contribution is -0.274. The number of anilines is 2. The Morgan fingerprint density at radius 1 is 1.23 bits per heavy atom. The predicted octanol–water partition coefficient (Wildman–Crippen LogP) is 2.34. The summed E-state index contributed by atoms with van der Waals surface area (Å²) in [5, 5.41) is 7.72. The first kappa shape index (κ1) is 17.5. The topological polar surface area (TPSA) is 108 Å². The van der Waals surface area contributed by atoms with E-state index >= 15 is 0 Å². The second-order valence-electron chi connectivity index (χ2n) is 5.24. The largest absolute Gasteiger partial charge is 0.573 e. The molecule has 0 saturated carbocycles. The zero-order valence-corrected chi connectivity index (χ0v) is 13.2. The number of primary amides is 1. The molecule has 136 valence electrons. The molecule has 11 heteroatoms. The van der Waals surface area contributed by atoms with Crippen LogP contribution in [0.15, 0.2) is 36.8 Å². The van der Waals surface area contributed by atoms with Gasteiger partial charge in [-0.2, -0.15) is 5.10 Å². The van der Waals surface area contributed by atoms with Crippen molar-refractivity contribution in [1.29, 1.82) is 0 Å². The number of carbonyl (C=O) groups excluding carboxylic acids is 1. The van der Waals surface area contributed by atoms with E-state index in [-0.39, 0.29) is 18.7 Å². The number of alkyl halides is 3. The van der Waals surface area contributed by atoms with Gasteiger partial charge in [0.05, 0.1) is 18.1 Å². The molecular formula is C15H13F3N6O2. The van der Waals surface area contributed by atoms with Crippen LogP contribution < -0.4 is 15.8 Å². The van der Waals surface area contributed by atoms with Gasteiger partial charge in [0, 0.05) is 12.1 Å². The smallest absolute Gasteiger partial charge is 0.406 e. The molecule has 1 aromatic carbocycles. The molecule has 0 atom stereocenters. The fourth-order valence-electron chi connectivity index (χ4n) is 2.25. The molecule has 0 aliphatic heterocycles. The minimum absolute atomic E-state index is 0.115. The van der Waals surface area contributed by atoms with Crippen molar-refractivity contribution in [2.75, 3.05) is 5.32 Å². The molecule has 3 aromatic rings. The highest BCUT2D eigenvalue weighted by atomic mass is 19.4. The Kier molecular flexibility index (Phi) is 4.61. The summed E-state index contributed by atoms with van der Waals surface area (Å²) in [6.07, 6.45) is -1.79. The molecule has 0 radical (unpaired) electrons. The molecule has 26 heavy (non-hydrogen) atoms. The maximum Gasteiger partial charge on any atom is 0.573 e. The van der Waals surface area contributed by atoms with Crippen molar-refractivity contribution in [3.05, 3.63) is 36.8 Å². The summed E-state index contributed by atoms with van der Waals surface area (Å²) >= 11 is 0. The number of hydrogen-bond acceptors (Lipinski definition) is 6. The molecule has 0 saturated heterocycles. The lowest BCUT2D eigenvalue weighted by Gasteiger charge is -2.10. The van der Waals surface area contributed by atoms with Gasteiger partial charge in [0.25, 0.3) is 0 Å². The van der Waals surface area contributed by atoms with Crippen molar-refractivity contribution >= 4 is 28.4 Å². The number of nitrogens with zero attached hydrogens (tertiary/aromatic N) is 4. The number of amides is 1. The van der Waals surface area contributed by atoms with E-state index in [1.54, 1.807) is 0 Å². The van der Waals surface area contributed by atoms with Crippen molar-refractivity contribution in [3.8, 4) is 5.75 Å². The average molecular weight is 366 g/mol. The van der Waals surface area contributed by atoms with Crippen LogP contribution >= 0.6 is 0 Å². The minimum Gasteiger partial charge on any atom is -0.406 e. The Morgan fingerprint density at radius 3 is 2.62 bits per heavy atom. The highest BCUT2D eigenvalue weighted by Crippen LogP contribution is 2.26. The maximum absolute atomic E-state index is 12.2. The normalized spacial score (nSPS) is 11.5. The van der Waals surface area contributed by atoms with Gasteiger partial charge in [0.2, 0.25) is 5.91 Å². The van der Waals surface area contributed by atoms with Crippen LogP contribution in [0.5, 0.6) is 5.75 Å². The summed E-state index contributed by atoms with van der Waals surface area (Å²) in [5.74, 6) is -0.359. The fraction of sp³-hybridized carbons (Fsp3) is 0.200. The number of nitrogens with one attached hydrogen (secondary N) is 1. The average Bonchev–Trinajstić information content (AvgIpc) is 2.97. The highest BCUT2D eigenvalue weighted by molar-refractivity contribution is 5.88. The van der Waals surface area contributed by atoms with Crippen molar-refractivity contribution in [1.82, 2.24) is 19.7 Å². The fourth-order valence-corrected chi connectivity index (χ4v) is 2.25. The number of hydrogen-bond donors (Lipinski definition) is 2. The number of ether oxygens (including phenoxy) is 1. The number of carbonyl (C=O) groups is 1. The minimum atomic E-state index is -4.74. The van der Waals surface area contributed by atoms with Crippen molar-refractivity contribution in [2.24, 2.45) is 5.73 Å². The highest BCUT2D eigenvalue weighted by Gasteiger charge is 2.30. The monoisotopic (exact) mass is 366 g/mol.